The number of aromatic hydroxyl groups is 1. The summed E-state index contributed by atoms with van der Waals surface area (Å²) < 4.78 is 33.2. The number of carboxylic acid groups (broad SMARTS) is 2. The van der Waals surface area contributed by atoms with Crippen LogP contribution in [-0.2, 0) is 103 Å². The third-order valence-electron chi connectivity index (χ3n) is 17.5. The van der Waals surface area contributed by atoms with Crippen molar-refractivity contribution in [1.82, 2.24) is 69.1 Å². The SMILES string of the molecule is CC[C@H](C)[C@H](NC(=O)[C@H](CCCCN)NC(=O)[C@@H](N)CCC(N)=O)C(=O)NCC(=O)N[C@@H](CCC(=O)O)C(=O)NCC(=O)N[C@H](C(=O)N[C@@H](Cc1ccc(OP(=O)(O)O)cc1)C(=O)NCC(=O)N[C@H](C(=O)N[C@H](C(=O)N[C@@H](Cc1ccc(O)cc1)C(=O)N[C@@H](CCCCN)C(=O)N[C@@H](CS)C(=O)O)C(C)C)C(C)C)[C@@H](C)OP(=O)(O)O. The lowest BCUT2D eigenvalue weighted by Crippen LogP contribution is -2.61. The van der Waals surface area contributed by atoms with Crippen molar-refractivity contribution in [3.8, 4) is 11.5 Å². The molecule has 0 aliphatic rings. The van der Waals surface area contributed by atoms with E-state index >= 15 is 0 Å². The zero-order valence-corrected chi connectivity index (χ0v) is 67.8. The number of nitrogens with two attached hydrogens (primary N) is 4. The van der Waals surface area contributed by atoms with Crippen molar-refractivity contribution in [3.05, 3.63) is 59.7 Å². The molecular weight excluding hydrogens is 1590 g/mol. The maximum absolute atomic E-state index is 14.4. The smallest absolute Gasteiger partial charge is 0.508 e. The monoisotopic (exact) mass is 1700 g/mol. The number of hydrogen-bond acceptors (Lipinski definition) is 25. The van der Waals surface area contributed by atoms with Crippen LogP contribution in [0.3, 0.4) is 0 Å². The molecule has 0 saturated heterocycles. The van der Waals surface area contributed by atoms with Crippen LogP contribution in [0.25, 0.3) is 0 Å². The number of phenolic OH excluding ortho intramolecular Hbond substituents is 1. The van der Waals surface area contributed by atoms with Crippen LogP contribution in [0.5, 0.6) is 11.5 Å². The number of phosphoric acid groups is 2. The van der Waals surface area contributed by atoms with Gasteiger partial charge >= 0.3 is 27.6 Å². The summed E-state index contributed by atoms with van der Waals surface area (Å²) in [6.07, 6.45) is -2.87. The van der Waals surface area contributed by atoms with Crippen LogP contribution >= 0.6 is 28.3 Å². The number of hydrogen-bond donors (Lipinski definition) is 25. The van der Waals surface area contributed by atoms with Crippen LogP contribution in [0.2, 0.25) is 0 Å². The Balaban J connectivity index is 2.46. The van der Waals surface area contributed by atoms with Gasteiger partial charge in [-0.3, -0.25) is 86.2 Å². The summed E-state index contributed by atoms with van der Waals surface area (Å²) in [4.78, 5) is 253. The quantitative estimate of drug-likeness (QED) is 0.0167. The van der Waals surface area contributed by atoms with E-state index in [0.29, 0.717) is 31.2 Å². The summed E-state index contributed by atoms with van der Waals surface area (Å²) in [5.74, 6) is -20.2. The number of unbranched alkanes of at least 4 members (excludes halogenated alkanes) is 2. The number of rotatable bonds is 55. The van der Waals surface area contributed by atoms with Gasteiger partial charge in [0.25, 0.3) is 0 Å². The Morgan fingerprint density at radius 1 is 0.448 bits per heavy atom. The fourth-order valence-electron chi connectivity index (χ4n) is 10.9. The first-order valence-corrected chi connectivity index (χ1v) is 40.6. The minimum Gasteiger partial charge on any atom is -0.508 e. The minimum atomic E-state index is -5.57. The Hall–Kier alpha value is -9.95. The molecule has 44 nitrogen and oxygen atoms in total. The van der Waals surface area contributed by atoms with Gasteiger partial charge in [0.15, 0.2) is 0 Å². The molecule has 47 heteroatoms. The number of amides is 14. The molecule has 0 bridgehead atoms. The van der Waals surface area contributed by atoms with Gasteiger partial charge in [-0.25, -0.2) is 13.9 Å². The first-order chi connectivity index (χ1) is 54.2. The third-order valence-corrected chi connectivity index (χ3v) is 18.9. The zero-order chi connectivity index (χ0) is 87.9. The number of thiol groups is 1. The lowest BCUT2D eigenvalue weighted by molar-refractivity contribution is -0.141. The second-order valence-electron chi connectivity index (χ2n) is 27.8. The van der Waals surface area contributed by atoms with E-state index in [1.54, 1.807) is 13.8 Å². The molecule has 0 spiro atoms. The molecule has 13 atom stereocenters. The van der Waals surface area contributed by atoms with Gasteiger partial charge < -0.3 is 122 Å². The highest BCUT2D eigenvalue weighted by Gasteiger charge is 2.39. The highest BCUT2D eigenvalue weighted by atomic mass is 32.1. The van der Waals surface area contributed by atoms with Gasteiger partial charge in [-0.15, -0.1) is 0 Å². The first kappa shape index (κ1) is 102. The molecule has 0 saturated carbocycles. The normalized spacial score (nSPS) is 14.8. The van der Waals surface area contributed by atoms with Gasteiger partial charge in [0.05, 0.1) is 31.8 Å². The molecule has 2 aromatic rings. The minimum absolute atomic E-state index is 0.0145. The van der Waals surface area contributed by atoms with E-state index in [9.17, 15) is 121 Å². The summed E-state index contributed by atoms with van der Waals surface area (Å²) in [5, 5.41) is 60.0. The number of aliphatic carboxylic acids is 2. The molecule has 14 amide bonds. The van der Waals surface area contributed by atoms with Crippen molar-refractivity contribution in [2.24, 2.45) is 40.7 Å². The molecule has 2 rings (SSSR count). The number of carbonyl (C=O) groups excluding carboxylic acids is 14. The number of carboxylic acids is 2. The Kier molecular flexibility index (Phi) is 45.1. The lowest BCUT2D eigenvalue weighted by Gasteiger charge is -2.29. The molecule has 0 unspecified atom stereocenters. The predicted octanol–water partition coefficient (Wildman–Crippen LogP) is -5.57. The second kappa shape index (κ2) is 51.2. The van der Waals surface area contributed by atoms with E-state index in [0.717, 1.165) is 19.1 Å². The number of benzene rings is 2. The van der Waals surface area contributed by atoms with E-state index in [1.165, 1.54) is 64.1 Å². The van der Waals surface area contributed by atoms with Crippen molar-refractivity contribution >= 4 is 123 Å². The number of primary amides is 1. The highest BCUT2D eigenvalue weighted by Crippen LogP contribution is 2.39. The molecule has 28 N–H and O–H groups in total. The van der Waals surface area contributed by atoms with Gasteiger partial charge in [0, 0.05) is 31.4 Å². The van der Waals surface area contributed by atoms with Crippen LogP contribution in [0.4, 0.5) is 0 Å². The molecule has 116 heavy (non-hydrogen) atoms. The van der Waals surface area contributed by atoms with Gasteiger partial charge in [-0.1, -0.05) is 72.2 Å². The molecule has 650 valence electrons. The first-order valence-electron chi connectivity index (χ1n) is 36.9. The third kappa shape index (κ3) is 39.6. The lowest BCUT2D eigenvalue weighted by atomic mass is 9.97. The summed E-state index contributed by atoms with van der Waals surface area (Å²) >= 11 is 3.99. The average molecular weight is 1700 g/mol. The summed E-state index contributed by atoms with van der Waals surface area (Å²) in [5.41, 5.74) is 22.9. The van der Waals surface area contributed by atoms with Crippen molar-refractivity contribution < 1.29 is 130 Å². The van der Waals surface area contributed by atoms with E-state index in [1.807, 2.05) is 0 Å². The molecular formula is C69H111N17O27P2S. The van der Waals surface area contributed by atoms with Crippen molar-refractivity contribution in [1.29, 1.82) is 0 Å². The molecule has 0 aliphatic heterocycles. The molecule has 0 aliphatic carbocycles. The Morgan fingerprint density at radius 2 is 0.845 bits per heavy atom. The van der Waals surface area contributed by atoms with Gasteiger partial charge in [0.2, 0.25) is 82.7 Å². The summed E-state index contributed by atoms with van der Waals surface area (Å²) in [6.45, 7) is 7.64. The van der Waals surface area contributed by atoms with E-state index in [2.05, 4.69) is 86.3 Å². The Morgan fingerprint density at radius 3 is 1.30 bits per heavy atom. The van der Waals surface area contributed by atoms with Crippen LogP contribution in [0.1, 0.15) is 130 Å². The molecule has 0 radical (unpaired) electrons. The molecule has 2 aromatic carbocycles. The number of nitrogens with one attached hydrogen (secondary N) is 13. The van der Waals surface area contributed by atoms with E-state index in [4.69, 9.17) is 27.5 Å². The maximum Gasteiger partial charge on any atom is 0.524 e. The Bertz CT molecular complexity index is 3780. The fourth-order valence-corrected chi connectivity index (χ4v) is 12.1. The summed E-state index contributed by atoms with van der Waals surface area (Å²) in [6, 6.07) is -7.01. The average Bonchev–Trinajstić information content (AvgIpc) is 0.844. The fraction of sp³-hybridized carbons (Fsp3) is 0.594. The van der Waals surface area contributed by atoms with Gasteiger partial charge in [0.1, 0.15) is 71.9 Å². The van der Waals surface area contributed by atoms with Crippen LogP contribution < -0.4 is 96.6 Å². The topological polar surface area (TPSA) is 728 Å². The highest BCUT2D eigenvalue weighted by molar-refractivity contribution is 7.80. The van der Waals surface area contributed by atoms with Crippen molar-refractivity contribution in [3.63, 3.8) is 0 Å². The van der Waals surface area contributed by atoms with Crippen LogP contribution in [0.15, 0.2) is 48.5 Å². The van der Waals surface area contributed by atoms with Crippen molar-refractivity contribution in [2.75, 3.05) is 38.5 Å². The standard InChI is InChI=1S/C69H111N17O27P2S/c1-8-37(6)57(86-63(98)45(14-10-12-28-71)78-59(94)43(72)23-25-50(73)88)65(100)76-31-51(89)77-46(24-26-54(92)93)60(95)74-33-53(91)84-58(38(7)112-114(106,107)108)68(103)80-47(29-40-17-21-42(22-18-40)113-115(109,110)111)61(96)75-32-52(90)83-55(35(2)3)67(102)85-56(36(4)5)66(101)81-48(30-39-15-19-41(87)20-16-39)64(99)79-44(13-9-11-27-70)62(97)82-49(34-116)69(104)105/h15-22,35-38,43-49,55-58,87,116H,8-14,23-34,70-72H2,1-7H3,(H2,73,88)(H,74,95)(H,75,96)(H,76,100)(H,77,89)(H,78,94)(H,79,99)(H,80,103)(H,81,101)(H,82,97)(H,83,90)(H,84,91)(H,85,102)(H,86,98)(H,92,93)(H,104,105)(H2,106,107,108)(H2,109,110,111)/t37-,38+,43-,44-,45-,46-,47-,48-,49-,55-,56-,57-,58-/m0/s1. The Labute approximate surface area is 673 Å². The van der Waals surface area contributed by atoms with E-state index < -0.39 is 239 Å². The van der Waals surface area contributed by atoms with Crippen molar-refractivity contribution in [2.45, 2.75) is 205 Å². The molecule has 0 fully saturated rings. The van der Waals surface area contributed by atoms with Gasteiger partial charge in [-0.05, 0) is 125 Å². The number of carbonyl (C=O) groups is 16. The predicted molar refractivity (Wildman–Crippen MR) is 415 cm³/mol. The van der Waals surface area contributed by atoms with Crippen LogP contribution in [0, 0.1) is 17.8 Å². The number of phenols is 1. The van der Waals surface area contributed by atoms with Crippen LogP contribution in [-0.4, -0.2) is 241 Å². The van der Waals surface area contributed by atoms with E-state index in [-0.39, 0.29) is 74.4 Å². The molecule has 0 aromatic heterocycles. The van der Waals surface area contributed by atoms with Gasteiger partial charge in [-0.2, -0.15) is 12.6 Å². The molecule has 0 heterocycles. The maximum atomic E-state index is 14.4. The second-order valence-corrected chi connectivity index (χ2v) is 30.5. The largest absolute Gasteiger partial charge is 0.524 e. The summed E-state index contributed by atoms with van der Waals surface area (Å²) in [7, 11) is -10.7. The number of phosphoric ester groups is 2. The zero-order valence-electron chi connectivity index (χ0n) is 65.2.